The van der Waals surface area contributed by atoms with Gasteiger partial charge in [0.2, 0.25) is 5.91 Å². The summed E-state index contributed by atoms with van der Waals surface area (Å²) in [5, 5.41) is 3.00. The molecule has 1 aromatic carbocycles. The maximum Gasteiger partial charge on any atom is 0.241 e. The zero-order chi connectivity index (χ0) is 13.0. The van der Waals surface area contributed by atoms with E-state index in [1.807, 2.05) is 24.3 Å². The molecule has 1 aliphatic rings. The zero-order valence-corrected chi connectivity index (χ0v) is 12.2. The molecule has 2 rings (SSSR count). The molecule has 0 aromatic heterocycles. The number of nitrogens with one attached hydrogen (secondary N) is 1. The maximum atomic E-state index is 12.3. The number of nitrogens with zero attached hydrogens (tertiary/aromatic N) is 1. The number of piperidine rings is 1. The molecule has 1 N–H and O–H groups in total. The van der Waals surface area contributed by atoms with Crippen LogP contribution in [0.4, 0.5) is 5.69 Å². The van der Waals surface area contributed by atoms with Crippen molar-refractivity contribution in [3.63, 3.8) is 0 Å². The molecule has 1 atom stereocenters. The summed E-state index contributed by atoms with van der Waals surface area (Å²) in [6.07, 6.45) is 3.32. The maximum absolute atomic E-state index is 12.3. The average molecular weight is 311 g/mol. The normalized spacial score (nSPS) is 20.7. The second-order valence-corrected chi connectivity index (χ2v) is 5.55. The van der Waals surface area contributed by atoms with Crippen LogP contribution in [0.25, 0.3) is 0 Å². The zero-order valence-electron chi connectivity index (χ0n) is 10.7. The third-order valence-electron chi connectivity index (χ3n) is 3.43. The van der Waals surface area contributed by atoms with E-state index in [1.165, 1.54) is 6.42 Å². The number of anilines is 1. The Balaban J connectivity index is 2.00. The molecule has 1 saturated heterocycles. The van der Waals surface area contributed by atoms with Gasteiger partial charge in [-0.05, 0) is 50.2 Å². The fourth-order valence-corrected chi connectivity index (χ4v) is 2.69. The van der Waals surface area contributed by atoms with Crippen molar-refractivity contribution in [1.82, 2.24) is 4.90 Å². The Labute approximate surface area is 117 Å². The van der Waals surface area contributed by atoms with E-state index in [1.54, 1.807) is 0 Å². The van der Waals surface area contributed by atoms with Gasteiger partial charge in [-0.2, -0.15) is 0 Å². The fraction of sp³-hybridized carbons (Fsp3) is 0.500. The minimum atomic E-state index is 0.0346. The highest BCUT2D eigenvalue weighted by molar-refractivity contribution is 9.10. The molecule has 1 aliphatic heterocycles. The smallest absolute Gasteiger partial charge is 0.241 e. The van der Waals surface area contributed by atoms with Crippen molar-refractivity contribution in [2.45, 2.75) is 32.2 Å². The van der Waals surface area contributed by atoms with Crippen LogP contribution < -0.4 is 5.32 Å². The van der Waals surface area contributed by atoms with Crippen molar-refractivity contribution in [3.8, 4) is 0 Å². The third kappa shape index (κ3) is 3.33. The molecule has 18 heavy (non-hydrogen) atoms. The molecule has 0 aliphatic carbocycles. The summed E-state index contributed by atoms with van der Waals surface area (Å²) in [7, 11) is 0. The van der Waals surface area contributed by atoms with Crippen LogP contribution in [0.1, 0.15) is 26.2 Å². The monoisotopic (exact) mass is 310 g/mol. The molecule has 1 fully saturated rings. The molecule has 1 amide bonds. The Bertz CT molecular complexity index is 405. The fourth-order valence-electron chi connectivity index (χ4n) is 2.43. The number of amides is 1. The van der Waals surface area contributed by atoms with E-state index in [0.717, 1.165) is 36.1 Å². The van der Waals surface area contributed by atoms with Crippen molar-refractivity contribution in [2.24, 2.45) is 0 Å². The number of hydrogen-bond acceptors (Lipinski definition) is 2. The third-order valence-corrected chi connectivity index (χ3v) is 3.96. The molecule has 1 heterocycles. The second kappa shape index (κ2) is 6.34. The van der Waals surface area contributed by atoms with Crippen molar-refractivity contribution < 1.29 is 4.79 Å². The van der Waals surface area contributed by atoms with E-state index in [4.69, 9.17) is 0 Å². The molecule has 1 aromatic rings. The largest absolute Gasteiger partial charge is 0.325 e. The van der Waals surface area contributed by atoms with E-state index in [2.05, 4.69) is 33.1 Å². The Morgan fingerprint density at radius 2 is 2.11 bits per heavy atom. The van der Waals surface area contributed by atoms with Gasteiger partial charge in [0.1, 0.15) is 0 Å². The number of hydrogen-bond donors (Lipinski definition) is 1. The van der Waals surface area contributed by atoms with Gasteiger partial charge in [0, 0.05) is 10.2 Å². The van der Waals surface area contributed by atoms with Crippen LogP contribution >= 0.6 is 15.9 Å². The van der Waals surface area contributed by atoms with Crippen LogP contribution in [0, 0.1) is 0 Å². The minimum Gasteiger partial charge on any atom is -0.325 e. The van der Waals surface area contributed by atoms with Crippen LogP contribution in [0.2, 0.25) is 0 Å². The van der Waals surface area contributed by atoms with Crippen LogP contribution in [0.15, 0.2) is 28.7 Å². The second-order valence-electron chi connectivity index (χ2n) is 4.64. The molecule has 98 valence electrons. The van der Waals surface area contributed by atoms with Crippen molar-refractivity contribution in [2.75, 3.05) is 18.4 Å². The van der Waals surface area contributed by atoms with Gasteiger partial charge in [-0.25, -0.2) is 0 Å². The van der Waals surface area contributed by atoms with E-state index in [-0.39, 0.29) is 11.9 Å². The molecule has 0 radical (unpaired) electrons. The Kier molecular flexibility index (Phi) is 4.78. The first kappa shape index (κ1) is 13.6. The van der Waals surface area contributed by atoms with E-state index in [9.17, 15) is 4.79 Å². The van der Waals surface area contributed by atoms with Crippen LogP contribution in [-0.2, 0) is 4.79 Å². The Morgan fingerprint density at radius 3 is 2.78 bits per heavy atom. The van der Waals surface area contributed by atoms with Gasteiger partial charge >= 0.3 is 0 Å². The molecule has 4 heteroatoms. The molecule has 0 bridgehead atoms. The molecule has 0 spiro atoms. The molecule has 0 unspecified atom stereocenters. The Morgan fingerprint density at radius 1 is 1.39 bits per heavy atom. The predicted molar refractivity (Wildman–Crippen MR) is 77.7 cm³/mol. The number of likely N-dealkylation sites (N-methyl/N-ethyl adjacent to an activating group) is 1. The number of carbonyl (C=O) groups is 1. The first-order valence-electron chi connectivity index (χ1n) is 6.51. The first-order valence-corrected chi connectivity index (χ1v) is 7.30. The van der Waals surface area contributed by atoms with E-state index < -0.39 is 0 Å². The molecular weight excluding hydrogens is 292 g/mol. The standard InChI is InChI=1S/C14H19BrN2O/c1-2-17-10-4-3-5-13(17)14(18)16-12-8-6-11(15)7-9-12/h6-9,13H,2-5,10H2,1H3,(H,16,18)/t13-/m0/s1. The topological polar surface area (TPSA) is 32.3 Å². The van der Waals surface area contributed by atoms with Crippen LogP contribution in [-0.4, -0.2) is 29.9 Å². The lowest BCUT2D eigenvalue weighted by atomic mass is 10.0. The lowest BCUT2D eigenvalue weighted by Crippen LogP contribution is -2.46. The van der Waals surface area contributed by atoms with Gasteiger partial charge in [0.25, 0.3) is 0 Å². The summed E-state index contributed by atoms with van der Waals surface area (Å²) in [5.41, 5.74) is 0.866. The highest BCUT2D eigenvalue weighted by Gasteiger charge is 2.27. The van der Waals surface area contributed by atoms with Crippen molar-refractivity contribution in [1.29, 1.82) is 0 Å². The summed E-state index contributed by atoms with van der Waals surface area (Å²) < 4.78 is 1.02. The minimum absolute atomic E-state index is 0.0346. The average Bonchev–Trinajstić information content (AvgIpc) is 2.41. The number of benzene rings is 1. The van der Waals surface area contributed by atoms with Gasteiger partial charge in [-0.1, -0.05) is 29.3 Å². The summed E-state index contributed by atoms with van der Waals surface area (Å²) in [6.45, 7) is 4.10. The Hall–Kier alpha value is -0.870. The highest BCUT2D eigenvalue weighted by Crippen LogP contribution is 2.19. The SMILES string of the molecule is CCN1CCCC[C@H]1C(=O)Nc1ccc(Br)cc1. The van der Waals surface area contributed by atoms with E-state index in [0.29, 0.717) is 0 Å². The van der Waals surface area contributed by atoms with Gasteiger partial charge in [-0.3, -0.25) is 9.69 Å². The quantitative estimate of drug-likeness (QED) is 0.929. The van der Waals surface area contributed by atoms with Crippen LogP contribution in [0.3, 0.4) is 0 Å². The summed E-state index contributed by atoms with van der Waals surface area (Å²) in [6, 6.07) is 7.75. The van der Waals surface area contributed by atoms with Crippen molar-refractivity contribution >= 4 is 27.5 Å². The van der Waals surface area contributed by atoms with E-state index >= 15 is 0 Å². The lowest BCUT2D eigenvalue weighted by molar-refractivity contribution is -0.122. The first-order chi connectivity index (χ1) is 8.70. The van der Waals surface area contributed by atoms with Crippen LogP contribution in [0.5, 0.6) is 0 Å². The van der Waals surface area contributed by atoms with Gasteiger partial charge in [0.05, 0.1) is 6.04 Å². The molecule has 3 nitrogen and oxygen atoms in total. The summed E-state index contributed by atoms with van der Waals surface area (Å²) in [5.74, 6) is 0.124. The molecule has 0 saturated carbocycles. The lowest BCUT2D eigenvalue weighted by Gasteiger charge is -2.33. The number of carbonyl (C=O) groups excluding carboxylic acids is 1. The number of likely N-dealkylation sites (tertiary alicyclic amines) is 1. The van der Waals surface area contributed by atoms with Gasteiger partial charge < -0.3 is 5.32 Å². The molecular formula is C14H19BrN2O. The summed E-state index contributed by atoms with van der Waals surface area (Å²) >= 11 is 3.39. The predicted octanol–water partition coefficient (Wildman–Crippen LogP) is 3.26. The summed E-state index contributed by atoms with van der Waals surface area (Å²) in [4.78, 5) is 14.5. The number of halogens is 1. The highest BCUT2D eigenvalue weighted by atomic mass is 79.9. The van der Waals surface area contributed by atoms with Gasteiger partial charge in [-0.15, -0.1) is 0 Å². The number of rotatable bonds is 3. The van der Waals surface area contributed by atoms with Crippen molar-refractivity contribution in [3.05, 3.63) is 28.7 Å². The van der Waals surface area contributed by atoms with Gasteiger partial charge in [0.15, 0.2) is 0 Å².